The summed E-state index contributed by atoms with van der Waals surface area (Å²) in [4.78, 5) is 14.6. The zero-order valence-corrected chi connectivity index (χ0v) is 17.6. The van der Waals surface area contributed by atoms with E-state index >= 15 is 0 Å². The molecule has 1 aliphatic carbocycles. The van der Waals surface area contributed by atoms with Crippen LogP contribution in [-0.2, 0) is 20.5 Å². The first kappa shape index (κ1) is 21.6. The summed E-state index contributed by atoms with van der Waals surface area (Å²) >= 11 is 0. The van der Waals surface area contributed by atoms with E-state index in [2.05, 4.69) is 10.2 Å². The molecular formula is C21H19F5N6O. The number of rotatable bonds is 3. The normalized spacial score (nSPS) is 21.3. The van der Waals surface area contributed by atoms with Gasteiger partial charge in [-0.25, -0.2) is 22.0 Å². The Balaban J connectivity index is 1.50. The number of halogens is 5. The molecule has 1 aromatic carbocycles. The molecule has 3 heterocycles. The van der Waals surface area contributed by atoms with Gasteiger partial charge in [0.2, 0.25) is 0 Å². The Hall–Kier alpha value is -3.28. The lowest BCUT2D eigenvalue weighted by Crippen LogP contribution is -2.44. The van der Waals surface area contributed by atoms with Gasteiger partial charge in [-0.2, -0.15) is 10.2 Å². The summed E-state index contributed by atoms with van der Waals surface area (Å²) in [7, 11) is 3.04. The van der Waals surface area contributed by atoms with Crippen molar-refractivity contribution in [1.82, 2.24) is 24.5 Å². The number of carbonyl (C=O) groups is 1. The van der Waals surface area contributed by atoms with E-state index in [1.165, 1.54) is 27.5 Å². The van der Waals surface area contributed by atoms with Crippen molar-refractivity contribution in [2.24, 2.45) is 19.8 Å². The van der Waals surface area contributed by atoms with E-state index < -0.39 is 41.4 Å². The summed E-state index contributed by atoms with van der Waals surface area (Å²) in [5.74, 6) is -8.75. The van der Waals surface area contributed by atoms with Crippen LogP contribution < -0.4 is 5.73 Å². The van der Waals surface area contributed by atoms with E-state index in [4.69, 9.17) is 5.73 Å². The maximum atomic E-state index is 13.8. The Morgan fingerprint density at radius 3 is 2.39 bits per heavy atom. The molecule has 5 rings (SSSR count). The average molecular weight is 466 g/mol. The third-order valence-corrected chi connectivity index (χ3v) is 6.28. The molecule has 12 heteroatoms. The third kappa shape index (κ3) is 3.23. The SMILES string of the molecule is Cn1nc2c(c1-c1cc(F)c(F)c(F)c1)CCN(C(=O)c1cnn(C)c1[C@H]1CC1(F)F)[C@H]2N. The van der Waals surface area contributed by atoms with Crippen LogP contribution in [0.2, 0.25) is 0 Å². The number of benzene rings is 1. The zero-order valence-electron chi connectivity index (χ0n) is 17.6. The monoisotopic (exact) mass is 466 g/mol. The Morgan fingerprint density at radius 1 is 1.15 bits per heavy atom. The number of alkyl halides is 2. The van der Waals surface area contributed by atoms with Gasteiger partial charge >= 0.3 is 0 Å². The van der Waals surface area contributed by atoms with Gasteiger partial charge in [0.15, 0.2) is 17.5 Å². The van der Waals surface area contributed by atoms with Gasteiger partial charge in [0.1, 0.15) is 11.9 Å². The quantitative estimate of drug-likeness (QED) is 0.475. The molecule has 0 radical (unpaired) electrons. The van der Waals surface area contributed by atoms with Crippen molar-refractivity contribution in [3.63, 3.8) is 0 Å². The molecule has 7 nitrogen and oxygen atoms in total. The smallest absolute Gasteiger partial charge is 0.258 e. The highest BCUT2D eigenvalue weighted by Crippen LogP contribution is 2.56. The van der Waals surface area contributed by atoms with Crippen LogP contribution >= 0.6 is 0 Å². The fourth-order valence-corrected chi connectivity index (χ4v) is 4.56. The first-order valence-electron chi connectivity index (χ1n) is 10.2. The number of hydrogen-bond acceptors (Lipinski definition) is 4. The number of nitrogens with two attached hydrogens (primary N) is 1. The Bertz CT molecular complexity index is 1280. The number of hydrogen-bond donors (Lipinski definition) is 1. The molecule has 33 heavy (non-hydrogen) atoms. The summed E-state index contributed by atoms with van der Waals surface area (Å²) in [6, 6.07) is 1.74. The van der Waals surface area contributed by atoms with Crippen molar-refractivity contribution in [2.75, 3.05) is 6.54 Å². The van der Waals surface area contributed by atoms with E-state index in [9.17, 15) is 26.7 Å². The predicted molar refractivity (Wildman–Crippen MR) is 106 cm³/mol. The molecule has 2 aliphatic rings. The summed E-state index contributed by atoms with van der Waals surface area (Å²) in [6.07, 6.45) is 0.122. The molecule has 0 bridgehead atoms. The van der Waals surface area contributed by atoms with Crippen LogP contribution in [0.5, 0.6) is 0 Å². The molecule has 174 valence electrons. The van der Waals surface area contributed by atoms with Gasteiger partial charge < -0.3 is 10.6 Å². The minimum Gasteiger partial charge on any atom is -0.317 e. The minimum absolute atomic E-state index is 0.0532. The van der Waals surface area contributed by atoms with Crippen LogP contribution in [0.25, 0.3) is 11.3 Å². The van der Waals surface area contributed by atoms with Crippen molar-refractivity contribution in [1.29, 1.82) is 0 Å². The van der Waals surface area contributed by atoms with Crippen molar-refractivity contribution in [3.05, 3.63) is 58.3 Å². The van der Waals surface area contributed by atoms with Crippen LogP contribution in [0.4, 0.5) is 22.0 Å². The maximum absolute atomic E-state index is 13.8. The van der Waals surface area contributed by atoms with Gasteiger partial charge in [-0.05, 0) is 18.6 Å². The van der Waals surface area contributed by atoms with Gasteiger partial charge in [-0.3, -0.25) is 14.2 Å². The molecule has 3 aromatic rings. The maximum Gasteiger partial charge on any atom is 0.258 e. The van der Waals surface area contributed by atoms with Crippen molar-refractivity contribution >= 4 is 5.91 Å². The van der Waals surface area contributed by atoms with Crippen LogP contribution in [0, 0.1) is 17.5 Å². The zero-order chi connectivity index (χ0) is 23.8. The summed E-state index contributed by atoms with van der Waals surface area (Å²) < 4.78 is 71.1. The van der Waals surface area contributed by atoms with Crippen LogP contribution in [0.3, 0.4) is 0 Å². The lowest BCUT2D eigenvalue weighted by Gasteiger charge is -2.32. The van der Waals surface area contributed by atoms with Crippen LogP contribution in [0.15, 0.2) is 18.3 Å². The van der Waals surface area contributed by atoms with E-state index in [0.717, 1.165) is 12.1 Å². The molecule has 2 N–H and O–H groups in total. The lowest BCUT2D eigenvalue weighted by molar-refractivity contribution is 0.0659. The van der Waals surface area contributed by atoms with E-state index in [1.54, 1.807) is 7.05 Å². The molecule has 1 aliphatic heterocycles. The summed E-state index contributed by atoms with van der Waals surface area (Å²) in [6.45, 7) is 0.118. The predicted octanol–water partition coefficient (Wildman–Crippen LogP) is 3.02. The van der Waals surface area contributed by atoms with Crippen molar-refractivity contribution in [3.8, 4) is 11.3 Å². The molecule has 0 saturated heterocycles. The molecule has 2 atom stereocenters. The van der Waals surface area contributed by atoms with E-state index in [0.29, 0.717) is 17.0 Å². The molecule has 1 saturated carbocycles. The molecule has 1 amide bonds. The van der Waals surface area contributed by atoms with Crippen molar-refractivity contribution in [2.45, 2.75) is 30.8 Å². The Morgan fingerprint density at radius 2 is 1.79 bits per heavy atom. The number of carbonyl (C=O) groups excluding carboxylic acids is 1. The topological polar surface area (TPSA) is 82.0 Å². The van der Waals surface area contributed by atoms with E-state index in [-0.39, 0.29) is 36.2 Å². The molecule has 0 spiro atoms. The van der Waals surface area contributed by atoms with Gasteiger partial charge in [-0.15, -0.1) is 0 Å². The standard InChI is InChI=1S/C21H19F5N6O/c1-30-18(12-7-21(12,25)26)11(8-28-30)20(33)32-4-3-10-16(19(32)27)29-31(2)17(10)9-5-13(22)15(24)14(23)6-9/h5-6,8,12,19H,3-4,7,27H2,1-2H3/t12-,19-/m1/s1. The Kier molecular flexibility index (Phi) is 4.64. The largest absolute Gasteiger partial charge is 0.317 e. The van der Waals surface area contributed by atoms with Gasteiger partial charge in [0.25, 0.3) is 11.8 Å². The number of amides is 1. The molecule has 1 fully saturated rings. The number of fused-ring (bicyclic) bond motifs is 1. The first-order valence-corrected chi connectivity index (χ1v) is 10.2. The molecular weight excluding hydrogens is 447 g/mol. The molecule has 0 unspecified atom stereocenters. The van der Waals surface area contributed by atoms with E-state index in [1.807, 2.05) is 0 Å². The first-order chi connectivity index (χ1) is 15.5. The fourth-order valence-electron chi connectivity index (χ4n) is 4.56. The average Bonchev–Trinajstić information content (AvgIpc) is 3.06. The second-order valence-electron chi connectivity index (χ2n) is 8.37. The lowest BCUT2D eigenvalue weighted by atomic mass is 9.97. The second-order valence-corrected chi connectivity index (χ2v) is 8.37. The third-order valence-electron chi connectivity index (χ3n) is 6.28. The highest BCUT2D eigenvalue weighted by molar-refractivity contribution is 5.96. The van der Waals surface area contributed by atoms with Crippen molar-refractivity contribution < 1.29 is 26.7 Å². The van der Waals surface area contributed by atoms with Gasteiger partial charge in [0, 0.05) is 38.2 Å². The highest BCUT2D eigenvalue weighted by Gasteiger charge is 2.60. The fraction of sp³-hybridized carbons (Fsp3) is 0.381. The Labute approximate surface area is 184 Å². The van der Waals surface area contributed by atoms with Crippen LogP contribution in [-0.4, -0.2) is 42.8 Å². The van der Waals surface area contributed by atoms with Gasteiger partial charge in [-0.1, -0.05) is 0 Å². The highest BCUT2D eigenvalue weighted by atomic mass is 19.3. The van der Waals surface area contributed by atoms with Crippen LogP contribution in [0.1, 0.15) is 45.8 Å². The number of aromatic nitrogens is 4. The number of aryl methyl sites for hydroxylation is 2. The molecule has 2 aromatic heterocycles. The second kappa shape index (κ2) is 7.11. The summed E-state index contributed by atoms with van der Waals surface area (Å²) in [5, 5.41) is 8.32. The summed E-state index contributed by atoms with van der Waals surface area (Å²) in [5.41, 5.74) is 7.84. The number of nitrogens with zero attached hydrogens (tertiary/aromatic N) is 5. The van der Waals surface area contributed by atoms with Gasteiger partial charge in [0.05, 0.1) is 29.1 Å². The minimum atomic E-state index is -2.88.